The predicted molar refractivity (Wildman–Crippen MR) is 109 cm³/mol. The van der Waals surface area contributed by atoms with Crippen molar-refractivity contribution in [3.63, 3.8) is 0 Å². The Kier molecular flexibility index (Phi) is 5.47. The number of H-pyrrole nitrogens is 1. The zero-order chi connectivity index (χ0) is 21.3. The lowest BCUT2D eigenvalue weighted by Gasteiger charge is -2.23. The van der Waals surface area contributed by atoms with E-state index in [1.807, 2.05) is 30.3 Å². The fourth-order valence-electron chi connectivity index (χ4n) is 3.81. The quantitative estimate of drug-likeness (QED) is 0.486. The summed E-state index contributed by atoms with van der Waals surface area (Å²) in [7, 11) is 0. The SMILES string of the molecule is O=C(O)c1c[nH]c2nc(N3CCC(N[C@H](CO)c4ccccc4)C3)c(F)cc2c1=O. The van der Waals surface area contributed by atoms with Gasteiger partial charge in [0.1, 0.15) is 11.2 Å². The molecule has 1 fully saturated rings. The van der Waals surface area contributed by atoms with Crippen molar-refractivity contribution in [1.82, 2.24) is 15.3 Å². The zero-order valence-electron chi connectivity index (χ0n) is 16.0. The Labute approximate surface area is 171 Å². The van der Waals surface area contributed by atoms with Gasteiger partial charge in [-0.15, -0.1) is 0 Å². The molecule has 1 saturated heterocycles. The molecule has 0 aliphatic carbocycles. The van der Waals surface area contributed by atoms with Crippen molar-refractivity contribution >= 4 is 22.8 Å². The van der Waals surface area contributed by atoms with Gasteiger partial charge in [-0.1, -0.05) is 30.3 Å². The topological polar surface area (TPSA) is 119 Å². The van der Waals surface area contributed by atoms with Crippen LogP contribution >= 0.6 is 0 Å². The second kappa shape index (κ2) is 8.21. The van der Waals surface area contributed by atoms with Crippen molar-refractivity contribution in [1.29, 1.82) is 0 Å². The molecule has 0 bridgehead atoms. The fraction of sp³-hybridized carbons (Fsp3) is 0.286. The van der Waals surface area contributed by atoms with Crippen molar-refractivity contribution in [2.24, 2.45) is 0 Å². The van der Waals surface area contributed by atoms with Crippen LogP contribution < -0.4 is 15.6 Å². The maximum absolute atomic E-state index is 14.7. The van der Waals surface area contributed by atoms with Crippen molar-refractivity contribution in [2.45, 2.75) is 18.5 Å². The van der Waals surface area contributed by atoms with E-state index in [2.05, 4.69) is 15.3 Å². The molecule has 2 aromatic heterocycles. The molecule has 0 spiro atoms. The van der Waals surface area contributed by atoms with Crippen molar-refractivity contribution in [3.8, 4) is 0 Å². The Morgan fingerprint density at radius 1 is 1.37 bits per heavy atom. The number of nitrogens with one attached hydrogen (secondary N) is 2. The van der Waals surface area contributed by atoms with Crippen LogP contribution in [-0.2, 0) is 0 Å². The molecule has 156 valence electrons. The Morgan fingerprint density at radius 3 is 2.83 bits per heavy atom. The van der Waals surface area contributed by atoms with Gasteiger partial charge in [0.15, 0.2) is 11.6 Å². The average molecular weight is 412 g/mol. The molecule has 2 atom stereocenters. The number of anilines is 1. The van der Waals surface area contributed by atoms with E-state index in [0.717, 1.165) is 24.2 Å². The number of aliphatic hydroxyl groups excluding tert-OH is 1. The third-order valence-electron chi connectivity index (χ3n) is 5.34. The van der Waals surface area contributed by atoms with Gasteiger partial charge in [0, 0.05) is 25.3 Å². The highest BCUT2D eigenvalue weighted by molar-refractivity contribution is 5.91. The van der Waals surface area contributed by atoms with Crippen LogP contribution in [0.2, 0.25) is 0 Å². The summed E-state index contributed by atoms with van der Waals surface area (Å²) in [5.74, 6) is -1.96. The van der Waals surface area contributed by atoms with Gasteiger partial charge in [-0.05, 0) is 18.1 Å². The van der Waals surface area contributed by atoms with Gasteiger partial charge in [0.2, 0.25) is 5.43 Å². The Bertz CT molecular complexity index is 1140. The first-order chi connectivity index (χ1) is 14.5. The van der Waals surface area contributed by atoms with Gasteiger partial charge in [-0.3, -0.25) is 4.79 Å². The van der Waals surface area contributed by atoms with E-state index in [-0.39, 0.29) is 35.5 Å². The molecule has 4 N–H and O–H groups in total. The minimum Gasteiger partial charge on any atom is -0.477 e. The number of aromatic carboxylic acids is 1. The predicted octanol–water partition coefficient (Wildman–Crippen LogP) is 1.66. The first-order valence-corrected chi connectivity index (χ1v) is 9.60. The normalized spacial score (nSPS) is 17.4. The highest BCUT2D eigenvalue weighted by Gasteiger charge is 2.28. The van der Waals surface area contributed by atoms with E-state index in [9.17, 15) is 19.1 Å². The first kappa shape index (κ1) is 20.0. The van der Waals surface area contributed by atoms with Crippen LogP contribution in [-0.4, -0.2) is 51.9 Å². The van der Waals surface area contributed by atoms with Gasteiger partial charge in [-0.25, -0.2) is 14.2 Å². The molecule has 8 nitrogen and oxygen atoms in total. The number of carboxylic acid groups (broad SMARTS) is 1. The number of aromatic amines is 1. The van der Waals surface area contributed by atoms with Gasteiger partial charge in [-0.2, -0.15) is 0 Å². The van der Waals surface area contributed by atoms with E-state index < -0.39 is 22.8 Å². The second-order valence-corrected chi connectivity index (χ2v) is 7.27. The number of halogens is 1. The molecule has 1 aliphatic rings. The van der Waals surface area contributed by atoms with Crippen molar-refractivity contribution in [3.05, 3.63) is 69.8 Å². The largest absolute Gasteiger partial charge is 0.477 e. The maximum atomic E-state index is 14.7. The van der Waals surface area contributed by atoms with Crippen LogP contribution in [0.15, 0.2) is 47.4 Å². The van der Waals surface area contributed by atoms with Gasteiger partial charge in [0.05, 0.1) is 18.0 Å². The lowest BCUT2D eigenvalue weighted by atomic mass is 10.1. The Hall–Kier alpha value is -3.30. The first-order valence-electron chi connectivity index (χ1n) is 9.60. The number of benzene rings is 1. The average Bonchev–Trinajstić information content (AvgIpc) is 3.21. The summed E-state index contributed by atoms with van der Waals surface area (Å²) in [5.41, 5.74) is -0.128. The number of carboxylic acids is 1. The summed E-state index contributed by atoms with van der Waals surface area (Å²) in [4.78, 5) is 32.0. The summed E-state index contributed by atoms with van der Waals surface area (Å²) in [6, 6.07) is 10.4. The lowest BCUT2D eigenvalue weighted by molar-refractivity contribution is 0.0695. The van der Waals surface area contributed by atoms with E-state index >= 15 is 0 Å². The van der Waals surface area contributed by atoms with E-state index in [1.54, 1.807) is 4.90 Å². The summed E-state index contributed by atoms with van der Waals surface area (Å²) >= 11 is 0. The summed E-state index contributed by atoms with van der Waals surface area (Å²) < 4.78 is 14.7. The number of pyridine rings is 2. The fourth-order valence-corrected chi connectivity index (χ4v) is 3.81. The molecule has 9 heteroatoms. The molecule has 4 rings (SSSR count). The number of aliphatic hydroxyl groups is 1. The maximum Gasteiger partial charge on any atom is 0.341 e. The number of nitrogens with zero attached hydrogens (tertiary/aromatic N) is 2. The molecule has 3 heterocycles. The highest BCUT2D eigenvalue weighted by atomic mass is 19.1. The van der Waals surface area contributed by atoms with Crippen LogP contribution in [0.25, 0.3) is 11.0 Å². The van der Waals surface area contributed by atoms with Crippen LogP contribution in [0, 0.1) is 5.82 Å². The second-order valence-electron chi connectivity index (χ2n) is 7.27. The number of rotatable bonds is 6. The molecule has 0 saturated carbocycles. The minimum absolute atomic E-state index is 0.0210. The summed E-state index contributed by atoms with van der Waals surface area (Å²) in [6.45, 7) is 0.976. The third-order valence-corrected chi connectivity index (χ3v) is 5.34. The standard InChI is InChI=1S/C21H21FN4O4/c22-16-8-14-18(28)15(21(29)30)9-23-19(14)25-20(16)26-7-6-13(10-26)24-17(11-27)12-4-2-1-3-5-12/h1-5,8-9,13,17,24,27H,6-7,10-11H2,(H,29,30)(H,23,25,28)/t13?,17-/m1/s1. The minimum atomic E-state index is -1.38. The van der Waals surface area contributed by atoms with Gasteiger partial charge < -0.3 is 25.4 Å². The highest BCUT2D eigenvalue weighted by Crippen LogP contribution is 2.25. The molecule has 30 heavy (non-hydrogen) atoms. The van der Waals surface area contributed by atoms with Crippen LogP contribution in [0.4, 0.5) is 10.2 Å². The smallest absolute Gasteiger partial charge is 0.341 e. The third kappa shape index (κ3) is 3.77. The number of fused-ring (bicyclic) bond motifs is 1. The van der Waals surface area contributed by atoms with Crippen LogP contribution in [0.1, 0.15) is 28.4 Å². The number of carbonyl (C=O) groups is 1. The molecule has 1 aromatic carbocycles. The van der Waals surface area contributed by atoms with Crippen molar-refractivity contribution < 1.29 is 19.4 Å². The van der Waals surface area contributed by atoms with Gasteiger partial charge >= 0.3 is 5.97 Å². The number of aromatic nitrogens is 2. The van der Waals surface area contributed by atoms with Crippen LogP contribution in [0.3, 0.4) is 0 Å². The van der Waals surface area contributed by atoms with Crippen LogP contribution in [0.5, 0.6) is 0 Å². The summed E-state index contributed by atoms with van der Waals surface area (Å²) in [5, 5.41) is 22.1. The molecule has 0 radical (unpaired) electrons. The zero-order valence-corrected chi connectivity index (χ0v) is 16.0. The Balaban J connectivity index is 1.55. The van der Waals surface area contributed by atoms with Crippen molar-refractivity contribution in [2.75, 3.05) is 24.6 Å². The van der Waals surface area contributed by atoms with Gasteiger partial charge in [0.25, 0.3) is 0 Å². The molecule has 1 unspecified atom stereocenters. The summed E-state index contributed by atoms with van der Waals surface area (Å²) in [6.07, 6.45) is 1.80. The van der Waals surface area contributed by atoms with E-state index in [1.165, 1.54) is 0 Å². The lowest BCUT2D eigenvalue weighted by Crippen LogP contribution is -2.37. The number of hydrogen-bond donors (Lipinski definition) is 4. The molecular weight excluding hydrogens is 391 g/mol. The molecule has 0 amide bonds. The molecular formula is C21H21FN4O4. The monoisotopic (exact) mass is 412 g/mol. The molecule has 3 aromatic rings. The number of hydrogen-bond acceptors (Lipinski definition) is 6. The molecule has 1 aliphatic heterocycles. The van der Waals surface area contributed by atoms with E-state index in [0.29, 0.717) is 13.1 Å². The Morgan fingerprint density at radius 2 is 2.13 bits per heavy atom. The van der Waals surface area contributed by atoms with E-state index in [4.69, 9.17) is 5.11 Å².